The van der Waals surface area contributed by atoms with E-state index in [0.717, 1.165) is 30.7 Å². The van der Waals surface area contributed by atoms with Gasteiger partial charge in [-0.1, -0.05) is 55.3 Å². The zero-order valence-electron chi connectivity index (χ0n) is 15.3. The summed E-state index contributed by atoms with van der Waals surface area (Å²) in [7, 11) is 0. The Morgan fingerprint density at radius 2 is 2.04 bits per heavy atom. The van der Waals surface area contributed by atoms with E-state index in [-0.39, 0.29) is 24.1 Å². The minimum absolute atomic E-state index is 0.0196. The van der Waals surface area contributed by atoms with Crippen molar-refractivity contribution >= 4 is 36.0 Å². The maximum atomic E-state index is 12.6. The first-order valence-electron chi connectivity index (χ1n) is 8.98. The van der Waals surface area contributed by atoms with Gasteiger partial charge in [-0.3, -0.25) is 9.59 Å². The van der Waals surface area contributed by atoms with Gasteiger partial charge in [-0.2, -0.15) is 12.6 Å². The van der Waals surface area contributed by atoms with Crippen LogP contribution in [0.5, 0.6) is 0 Å². The third-order valence-corrected chi connectivity index (χ3v) is 4.66. The highest BCUT2D eigenvalue weighted by molar-refractivity contribution is 7.81. The molecule has 1 aromatic heterocycles. The SMILES string of the molecule is CCCCc1nc(Cl)c(CNC(=O)C(Cc2ccccc2)NC(=O)CS)[nH]1. The summed E-state index contributed by atoms with van der Waals surface area (Å²) in [6.45, 7) is 2.33. The van der Waals surface area contributed by atoms with Crippen molar-refractivity contribution in [3.63, 3.8) is 0 Å². The second-order valence-electron chi connectivity index (χ2n) is 6.24. The lowest BCUT2D eigenvalue weighted by atomic mass is 10.1. The lowest BCUT2D eigenvalue weighted by Crippen LogP contribution is -2.48. The first kappa shape index (κ1) is 21.3. The van der Waals surface area contributed by atoms with Crippen molar-refractivity contribution in [3.8, 4) is 0 Å². The van der Waals surface area contributed by atoms with Crippen LogP contribution >= 0.6 is 24.2 Å². The number of aromatic amines is 1. The number of imidazole rings is 1. The lowest BCUT2D eigenvalue weighted by molar-refractivity contribution is -0.128. The molecule has 0 spiro atoms. The van der Waals surface area contributed by atoms with Crippen LogP contribution in [0.15, 0.2) is 30.3 Å². The van der Waals surface area contributed by atoms with E-state index in [4.69, 9.17) is 11.6 Å². The molecule has 1 atom stereocenters. The van der Waals surface area contributed by atoms with Crippen LogP contribution in [-0.4, -0.2) is 33.6 Å². The number of hydrogen-bond acceptors (Lipinski definition) is 4. The molecule has 0 bridgehead atoms. The van der Waals surface area contributed by atoms with Crippen molar-refractivity contribution in [2.24, 2.45) is 0 Å². The van der Waals surface area contributed by atoms with Crippen LogP contribution in [0.2, 0.25) is 5.15 Å². The number of amides is 2. The number of thiol groups is 1. The van der Waals surface area contributed by atoms with Gasteiger partial charge in [0.05, 0.1) is 18.0 Å². The maximum absolute atomic E-state index is 12.6. The molecule has 1 unspecified atom stereocenters. The Bertz CT molecular complexity index is 751. The summed E-state index contributed by atoms with van der Waals surface area (Å²) in [5, 5.41) is 5.90. The molecule has 0 saturated heterocycles. The fraction of sp³-hybridized carbons (Fsp3) is 0.421. The summed E-state index contributed by atoms with van der Waals surface area (Å²) in [5.41, 5.74) is 1.62. The second-order valence-corrected chi connectivity index (χ2v) is 6.92. The van der Waals surface area contributed by atoms with Gasteiger partial charge >= 0.3 is 0 Å². The van der Waals surface area contributed by atoms with Crippen molar-refractivity contribution in [2.45, 2.75) is 45.2 Å². The van der Waals surface area contributed by atoms with Crippen LogP contribution in [0.1, 0.15) is 36.8 Å². The van der Waals surface area contributed by atoms with Crippen LogP contribution in [0.25, 0.3) is 0 Å². The molecule has 1 heterocycles. The van der Waals surface area contributed by atoms with Crippen LogP contribution in [-0.2, 0) is 29.0 Å². The Morgan fingerprint density at radius 1 is 1.30 bits per heavy atom. The Balaban J connectivity index is 2.00. The molecule has 2 rings (SSSR count). The second kappa shape index (κ2) is 11.0. The van der Waals surface area contributed by atoms with E-state index in [1.165, 1.54) is 0 Å². The molecule has 0 aliphatic heterocycles. The van der Waals surface area contributed by atoms with E-state index < -0.39 is 6.04 Å². The number of carbonyl (C=O) groups excluding carboxylic acids is 2. The molecule has 0 aliphatic carbocycles. The molecule has 0 radical (unpaired) electrons. The number of nitrogens with zero attached hydrogens (tertiary/aromatic N) is 1. The highest BCUT2D eigenvalue weighted by Gasteiger charge is 2.21. The van der Waals surface area contributed by atoms with E-state index in [9.17, 15) is 9.59 Å². The van der Waals surface area contributed by atoms with Crippen LogP contribution in [0.3, 0.4) is 0 Å². The molecule has 146 valence electrons. The largest absolute Gasteiger partial charge is 0.349 e. The van der Waals surface area contributed by atoms with E-state index in [1.54, 1.807) is 0 Å². The predicted octanol–water partition coefficient (Wildman–Crippen LogP) is 2.68. The molecule has 2 amide bonds. The molecular formula is C19H25ClN4O2S. The number of halogens is 1. The Morgan fingerprint density at radius 3 is 2.70 bits per heavy atom. The molecule has 8 heteroatoms. The maximum Gasteiger partial charge on any atom is 0.243 e. The van der Waals surface area contributed by atoms with Crippen molar-refractivity contribution < 1.29 is 9.59 Å². The number of H-pyrrole nitrogens is 1. The number of rotatable bonds is 10. The number of aryl methyl sites for hydroxylation is 1. The lowest BCUT2D eigenvalue weighted by Gasteiger charge is -2.18. The average Bonchev–Trinajstić information content (AvgIpc) is 3.04. The number of aromatic nitrogens is 2. The Labute approximate surface area is 169 Å². The third kappa shape index (κ3) is 6.92. The summed E-state index contributed by atoms with van der Waals surface area (Å²) in [5.74, 6) is 0.257. The van der Waals surface area contributed by atoms with Gasteiger partial charge in [0.25, 0.3) is 0 Å². The molecule has 0 saturated carbocycles. The normalized spacial score (nSPS) is 11.8. The number of hydrogen-bond donors (Lipinski definition) is 4. The number of benzene rings is 1. The Hall–Kier alpha value is -1.99. The van der Waals surface area contributed by atoms with E-state index in [1.807, 2.05) is 30.3 Å². The fourth-order valence-electron chi connectivity index (χ4n) is 2.62. The van der Waals surface area contributed by atoms with Crippen molar-refractivity contribution in [2.75, 3.05) is 5.75 Å². The topological polar surface area (TPSA) is 86.9 Å². The van der Waals surface area contributed by atoms with Gasteiger partial charge in [-0.05, 0) is 12.0 Å². The third-order valence-electron chi connectivity index (χ3n) is 4.06. The van der Waals surface area contributed by atoms with Crippen molar-refractivity contribution in [1.29, 1.82) is 0 Å². The quantitative estimate of drug-likeness (QED) is 0.456. The van der Waals surface area contributed by atoms with Crippen LogP contribution < -0.4 is 10.6 Å². The first-order valence-corrected chi connectivity index (χ1v) is 9.99. The highest BCUT2D eigenvalue weighted by Crippen LogP contribution is 2.14. The van der Waals surface area contributed by atoms with Crippen LogP contribution in [0, 0.1) is 0 Å². The molecule has 2 aromatic rings. The monoisotopic (exact) mass is 408 g/mol. The molecule has 27 heavy (non-hydrogen) atoms. The minimum Gasteiger partial charge on any atom is -0.349 e. The molecule has 3 N–H and O–H groups in total. The van der Waals surface area contributed by atoms with Gasteiger partial charge in [0, 0.05) is 12.8 Å². The van der Waals surface area contributed by atoms with Gasteiger partial charge < -0.3 is 15.6 Å². The van der Waals surface area contributed by atoms with Gasteiger partial charge in [0.2, 0.25) is 11.8 Å². The molecule has 0 aliphatic rings. The van der Waals surface area contributed by atoms with Crippen LogP contribution in [0.4, 0.5) is 0 Å². The average molecular weight is 409 g/mol. The number of carbonyl (C=O) groups is 2. The summed E-state index contributed by atoms with van der Waals surface area (Å²) in [4.78, 5) is 31.8. The van der Waals surface area contributed by atoms with Gasteiger partial charge in [0.1, 0.15) is 11.9 Å². The number of unbranched alkanes of at least 4 members (excludes halogenated alkanes) is 1. The summed E-state index contributed by atoms with van der Waals surface area (Å²) >= 11 is 10.1. The minimum atomic E-state index is -0.687. The summed E-state index contributed by atoms with van der Waals surface area (Å²) in [6.07, 6.45) is 3.30. The predicted molar refractivity (Wildman–Crippen MR) is 110 cm³/mol. The molecule has 6 nitrogen and oxygen atoms in total. The van der Waals surface area contributed by atoms with E-state index in [0.29, 0.717) is 17.3 Å². The van der Waals surface area contributed by atoms with Crippen molar-refractivity contribution in [3.05, 3.63) is 52.6 Å². The molecular weight excluding hydrogens is 384 g/mol. The fourth-order valence-corrected chi connectivity index (χ4v) is 2.92. The highest BCUT2D eigenvalue weighted by atomic mass is 35.5. The number of nitrogens with one attached hydrogen (secondary N) is 3. The molecule has 1 aromatic carbocycles. The molecule has 0 fully saturated rings. The summed E-state index contributed by atoms with van der Waals surface area (Å²) < 4.78 is 0. The van der Waals surface area contributed by atoms with E-state index in [2.05, 4.69) is 40.2 Å². The first-order chi connectivity index (χ1) is 13.0. The van der Waals surface area contributed by atoms with Gasteiger partial charge in [-0.15, -0.1) is 0 Å². The van der Waals surface area contributed by atoms with Gasteiger partial charge in [0.15, 0.2) is 5.15 Å². The smallest absolute Gasteiger partial charge is 0.243 e. The van der Waals surface area contributed by atoms with Gasteiger partial charge in [-0.25, -0.2) is 4.98 Å². The van der Waals surface area contributed by atoms with Crippen molar-refractivity contribution in [1.82, 2.24) is 20.6 Å². The zero-order valence-corrected chi connectivity index (χ0v) is 16.9. The standard InChI is InChI=1S/C19H25ClN4O2S/c1-2-3-9-16-22-15(18(20)24-16)11-21-19(26)14(23-17(25)12-27)10-13-7-5-4-6-8-13/h4-8,14,27H,2-3,9-12H2,1H3,(H,21,26)(H,22,24)(H,23,25). The zero-order chi connectivity index (χ0) is 19.6. The van der Waals surface area contributed by atoms with E-state index >= 15 is 0 Å². The Kier molecular flexibility index (Phi) is 8.67. The summed E-state index contributed by atoms with van der Waals surface area (Å²) in [6, 6.07) is 8.84.